The lowest BCUT2D eigenvalue weighted by Crippen LogP contribution is -1.95. The second-order valence-corrected chi connectivity index (χ2v) is 11.3. The summed E-state index contributed by atoms with van der Waals surface area (Å²) in [5.74, 6) is 0. The molecule has 0 aliphatic heterocycles. The van der Waals surface area contributed by atoms with Crippen molar-refractivity contribution in [3.8, 4) is 50.8 Å². The Morgan fingerprint density at radius 2 is 1.28 bits per heavy atom. The number of allylic oxidation sites excluding steroid dienone is 2. The first-order valence-electron chi connectivity index (χ1n) is 15.5. The van der Waals surface area contributed by atoms with Gasteiger partial charge in [0, 0.05) is 12.4 Å². The number of nitrogens with zero attached hydrogens (tertiary/aromatic N) is 4. The third-order valence-electron chi connectivity index (χ3n) is 8.28. The van der Waals surface area contributed by atoms with E-state index in [0.29, 0.717) is 5.56 Å². The molecule has 0 amide bonds. The first-order chi connectivity index (χ1) is 23.1. The fraction of sp³-hybridized carbons (Fsp3) is 0.0233. The van der Waals surface area contributed by atoms with Gasteiger partial charge in [0.25, 0.3) is 0 Å². The van der Waals surface area contributed by atoms with Gasteiger partial charge in [-0.25, -0.2) is 4.98 Å². The van der Waals surface area contributed by atoms with E-state index >= 15 is 0 Å². The van der Waals surface area contributed by atoms with Crippen molar-refractivity contribution in [1.29, 1.82) is 5.26 Å². The predicted octanol–water partition coefficient (Wildman–Crippen LogP) is 10.9. The van der Waals surface area contributed by atoms with E-state index in [-0.39, 0.29) is 0 Å². The summed E-state index contributed by atoms with van der Waals surface area (Å²) in [5.41, 5.74) is 10.4. The van der Waals surface area contributed by atoms with Gasteiger partial charge in [0.15, 0.2) is 0 Å². The third kappa shape index (κ3) is 6.11. The molecule has 0 aliphatic carbocycles. The van der Waals surface area contributed by atoms with Gasteiger partial charge in [-0.2, -0.15) is 5.26 Å². The van der Waals surface area contributed by atoms with E-state index in [1.165, 1.54) is 10.8 Å². The number of pyridine rings is 2. The van der Waals surface area contributed by atoms with Gasteiger partial charge in [0.1, 0.15) is 0 Å². The molecular weight excluding hydrogens is 573 g/mol. The van der Waals surface area contributed by atoms with Crippen molar-refractivity contribution < 1.29 is 0 Å². The van der Waals surface area contributed by atoms with Crippen LogP contribution in [-0.2, 0) is 0 Å². The van der Waals surface area contributed by atoms with Crippen molar-refractivity contribution in [1.82, 2.24) is 9.97 Å². The molecule has 0 aliphatic rings. The number of aromatic nitrogens is 2. The Hall–Kier alpha value is -6.44. The van der Waals surface area contributed by atoms with Gasteiger partial charge in [0.05, 0.1) is 34.4 Å². The smallest absolute Gasteiger partial charge is 0.0991 e. The van der Waals surface area contributed by atoms with Crippen molar-refractivity contribution in [2.24, 2.45) is 4.99 Å². The molecule has 0 atom stereocenters. The molecule has 0 bridgehead atoms. The van der Waals surface area contributed by atoms with E-state index in [1.54, 1.807) is 18.5 Å². The summed E-state index contributed by atoms with van der Waals surface area (Å²) in [6, 6.07) is 46.3. The molecule has 0 saturated heterocycles. The van der Waals surface area contributed by atoms with Crippen LogP contribution in [0.4, 0.5) is 0 Å². The maximum Gasteiger partial charge on any atom is 0.0991 e. The van der Waals surface area contributed by atoms with Crippen molar-refractivity contribution in [2.45, 2.75) is 6.92 Å². The van der Waals surface area contributed by atoms with Crippen LogP contribution in [0.5, 0.6) is 0 Å². The second kappa shape index (κ2) is 12.9. The molecule has 222 valence electrons. The molecule has 2 aromatic heterocycles. The van der Waals surface area contributed by atoms with Gasteiger partial charge in [0.2, 0.25) is 0 Å². The normalized spacial score (nSPS) is 11.6. The van der Waals surface area contributed by atoms with Gasteiger partial charge >= 0.3 is 0 Å². The number of nitriles is 1. The molecule has 7 aromatic rings. The summed E-state index contributed by atoms with van der Waals surface area (Å²) in [6.45, 7) is 5.73. The van der Waals surface area contributed by atoms with Crippen molar-refractivity contribution in [3.05, 3.63) is 164 Å². The molecule has 47 heavy (non-hydrogen) atoms. The zero-order valence-corrected chi connectivity index (χ0v) is 25.9. The molecule has 7 rings (SSSR count). The van der Waals surface area contributed by atoms with Gasteiger partial charge in [-0.15, -0.1) is 0 Å². The van der Waals surface area contributed by atoms with Crippen LogP contribution in [0.1, 0.15) is 18.2 Å². The van der Waals surface area contributed by atoms with Gasteiger partial charge in [-0.05, 0) is 123 Å². The average molecular weight is 603 g/mol. The van der Waals surface area contributed by atoms with E-state index in [2.05, 4.69) is 108 Å². The van der Waals surface area contributed by atoms with Crippen LogP contribution in [0, 0.1) is 11.3 Å². The topological polar surface area (TPSA) is 61.9 Å². The largest absolute Gasteiger partial charge is 0.255 e. The number of aliphatic imine (C=N–C) groups is 1. The number of hydrogen-bond acceptors (Lipinski definition) is 4. The minimum atomic E-state index is 0.663. The Morgan fingerprint density at radius 1 is 0.638 bits per heavy atom. The minimum Gasteiger partial charge on any atom is -0.255 e. The van der Waals surface area contributed by atoms with E-state index < -0.39 is 0 Å². The number of hydrogen-bond donors (Lipinski definition) is 0. The summed E-state index contributed by atoms with van der Waals surface area (Å²) in [4.78, 5) is 14.1. The summed E-state index contributed by atoms with van der Waals surface area (Å²) in [7, 11) is 0. The van der Waals surface area contributed by atoms with Crippen LogP contribution in [0.15, 0.2) is 157 Å². The van der Waals surface area contributed by atoms with Crippen molar-refractivity contribution in [2.75, 3.05) is 0 Å². The molecule has 0 fully saturated rings. The lowest BCUT2D eigenvalue weighted by molar-refractivity contribution is 1.21. The average Bonchev–Trinajstić information content (AvgIpc) is 3.14. The van der Waals surface area contributed by atoms with Crippen LogP contribution >= 0.6 is 0 Å². The molecule has 0 radical (unpaired) electrons. The second-order valence-electron chi connectivity index (χ2n) is 11.3. The minimum absolute atomic E-state index is 0.663. The fourth-order valence-electron chi connectivity index (χ4n) is 5.87. The number of fused-ring (bicyclic) bond motifs is 2. The Labute approximate surface area is 274 Å². The lowest BCUT2D eigenvalue weighted by Gasteiger charge is -2.11. The molecule has 4 heteroatoms. The summed E-state index contributed by atoms with van der Waals surface area (Å²) in [5, 5.41) is 14.0. The molecule has 2 heterocycles. The van der Waals surface area contributed by atoms with Crippen molar-refractivity contribution >= 4 is 33.5 Å². The number of benzene rings is 5. The van der Waals surface area contributed by atoms with E-state index in [9.17, 15) is 5.26 Å². The molecule has 0 spiro atoms. The molecule has 4 nitrogen and oxygen atoms in total. The Balaban J connectivity index is 1.27. The van der Waals surface area contributed by atoms with Gasteiger partial charge in [-0.1, -0.05) is 85.5 Å². The molecule has 0 N–H and O–H groups in total. The van der Waals surface area contributed by atoms with Crippen LogP contribution in [0.3, 0.4) is 0 Å². The van der Waals surface area contributed by atoms with Crippen molar-refractivity contribution in [3.63, 3.8) is 0 Å². The molecular formula is C43H30N4. The van der Waals surface area contributed by atoms with Crippen LogP contribution in [-0.4, -0.2) is 16.2 Å². The van der Waals surface area contributed by atoms with Crippen LogP contribution in [0.25, 0.3) is 72.0 Å². The standard InChI is InChI=1S/C43H30N4/c1-3-19-45-40(4-2)42-26-39(27-43(47-42)41-10-5-6-20-46-41)37-14-12-30-11-13-36(24-38(30)25-37)35-18-17-33-22-32(15-16-34(33)23-35)31-9-7-8-29(21-31)28-44/h3-27H,1H2,2H3/b40-4-,45-19?. The maximum absolute atomic E-state index is 9.31. The van der Waals surface area contributed by atoms with E-state index in [4.69, 9.17) is 4.98 Å². The molecule has 0 saturated carbocycles. The van der Waals surface area contributed by atoms with E-state index in [1.807, 2.05) is 55.5 Å². The summed E-state index contributed by atoms with van der Waals surface area (Å²) < 4.78 is 0. The van der Waals surface area contributed by atoms with Gasteiger partial charge < -0.3 is 0 Å². The highest BCUT2D eigenvalue weighted by atomic mass is 14.8. The molecule has 0 unspecified atom stereocenters. The first kappa shape index (κ1) is 29.3. The van der Waals surface area contributed by atoms with Crippen LogP contribution < -0.4 is 0 Å². The summed E-state index contributed by atoms with van der Waals surface area (Å²) in [6.07, 6.45) is 7.09. The number of rotatable bonds is 7. The Morgan fingerprint density at radius 3 is 1.89 bits per heavy atom. The fourth-order valence-corrected chi connectivity index (χ4v) is 5.87. The monoisotopic (exact) mass is 602 g/mol. The van der Waals surface area contributed by atoms with Gasteiger partial charge in [-0.3, -0.25) is 9.98 Å². The van der Waals surface area contributed by atoms with Crippen LogP contribution in [0.2, 0.25) is 0 Å². The highest BCUT2D eigenvalue weighted by molar-refractivity contribution is 5.95. The van der Waals surface area contributed by atoms with E-state index in [0.717, 1.165) is 66.9 Å². The highest BCUT2D eigenvalue weighted by Crippen LogP contribution is 2.34. The highest BCUT2D eigenvalue weighted by Gasteiger charge is 2.12. The lowest BCUT2D eigenvalue weighted by atomic mass is 9.95. The first-order valence-corrected chi connectivity index (χ1v) is 15.5. The zero-order chi connectivity index (χ0) is 32.2. The Bertz CT molecular complexity index is 2390. The summed E-state index contributed by atoms with van der Waals surface area (Å²) >= 11 is 0. The molecule has 5 aromatic carbocycles. The SMILES string of the molecule is C=CC=N/C(=C\C)c1cc(-c2ccc3ccc(-c4ccc5cc(-c6cccc(C#N)c6)ccc5c4)cc3c2)cc(-c2ccccn2)n1. The zero-order valence-electron chi connectivity index (χ0n) is 25.9. The maximum atomic E-state index is 9.31. The third-order valence-corrected chi connectivity index (χ3v) is 8.28. The quantitative estimate of drug-likeness (QED) is 0.171. The predicted molar refractivity (Wildman–Crippen MR) is 196 cm³/mol. The Kier molecular flexibility index (Phi) is 8.03.